The van der Waals surface area contributed by atoms with Gasteiger partial charge in [0.2, 0.25) is 0 Å². The molecule has 0 spiro atoms. The van der Waals surface area contributed by atoms with Crippen LogP contribution in [0, 0.1) is 17.2 Å². The zero-order chi connectivity index (χ0) is 15.8. The van der Waals surface area contributed by atoms with Gasteiger partial charge in [0.15, 0.2) is 0 Å². The highest BCUT2D eigenvalue weighted by molar-refractivity contribution is 6.02. The van der Waals surface area contributed by atoms with Crippen LogP contribution in [-0.2, 0) is 6.54 Å². The van der Waals surface area contributed by atoms with Gasteiger partial charge in [-0.3, -0.25) is 4.98 Å². The van der Waals surface area contributed by atoms with Crippen molar-refractivity contribution in [1.29, 1.82) is 5.26 Å². The van der Waals surface area contributed by atoms with Crippen LogP contribution >= 0.6 is 0 Å². The Labute approximate surface area is 133 Å². The van der Waals surface area contributed by atoms with Gasteiger partial charge in [-0.1, -0.05) is 0 Å². The van der Waals surface area contributed by atoms with E-state index in [1.54, 1.807) is 12.3 Å². The summed E-state index contributed by atoms with van der Waals surface area (Å²) < 4.78 is 0. The van der Waals surface area contributed by atoms with Gasteiger partial charge in [-0.05, 0) is 37.0 Å². The molecule has 1 aliphatic rings. The molecule has 0 radical (unpaired) electrons. The van der Waals surface area contributed by atoms with Crippen LogP contribution < -0.4 is 11.1 Å². The fourth-order valence-electron chi connectivity index (χ4n) is 2.66. The van der Waals surface area contributed by atoms with Crippen molar-refractivity contribution >= 4 is 21.9 Å². The molecular formula is C17H16N6. The first-order chi connectivity index (χ1) is 11.2. The zero-order valence-corrected chi connectivity index (χ0v) is 12.5. The Hall–Kier alpha value is -3.07. The second-order valence-corrected chi connectivity index (χ2v) is 5.85. The lowest BCUT2D eigenvalue weighted by Crippen LogP contribution is -2.11. The lowest BCUT2D eigenvalue weighted by Gasteiger charge is -2.00. The van der Waals surface area contributed by atoms with Gasteiger partial charge in [-0.15, -0.1) is 0 Å². The molecule has 1 fully saturated rings. The topological polar surface area (TPSA) is 103 Å². The molecule has 6 heteroatoms. The summed E-state index contributed by atoms with van der Waals surface area (Å²) in [5.74, 6) is 1.37. The average Bonchev–Trinajstić information content (AvgIpc) is 3.34. The van der Waals surface area contributed by atoms with Crippen LogP contribution in [-0.4, -0.2) is 15.0 Å². The third-order valence-corrected chi connectivity index (χ3v) is 4.08. The summed E-state index contributed by atoms with van der Waals surface area (Å²) in [6, 6.07) is 7.59. The smallest absolute Gasteiger partial charge is 0.126 e. The lowest BCUT2D eigenvalue weighted by atomic mass is 10.1. The first-order valence-corrected chi connectivity index (χ1v) is 7.61. The number of nitrogens with zero attached hydrogens (tertiary/aromatic N) is 3. The molecule has 1 saturated carbocycles. The van der Waals surface area contributed by atoms with Crippen LogP contribution in [0.2, 0.25) is 0 Å². The maximum Gasteiger partial charge on any atom is 0.126 e. The SMILES string of the molecule is N#Cc1ccc2ncc3[nH]c(CN/C=C(\N)C4CC4)nc3c2c1. The Morgan fingerprint density at radius 2 is 2.35 bits per heavy atom. The van der Waals surface area contributed by atoms with E-state index in [9.17, 15) is 0 Å². The average molecular weight is 304 g/mol. The number of aromatic amines is 1. The maximum absolute atomic E-state index is 9.07. The van der Waals surface area contributed by atoms with Crippen molar-refractivity contribution in [1.82, 2.24) is 20.3 Å². The third-order valence-electron chi connectivity index (χ3n) is 4.08. The molecule has 3 aromatic rings. The Morgan fingerprint density at radius 3 is 3.13 bits per heavy atom. The molecule has 4 N–H and O–H groups in total. The van der Waals surface area contributed by atoms with Crippen molar-refractivity contribution in [3.8, 4) is 6.07 Å². The number of hydrogen-bond acceptors (Lipinski definition) is 5. The number of nitrogens with two attached hydrogens (primary N) is 1. The van der Waals surface area contributed by atoms with Crippen molar-refractivity contribution in [3.63, 3.8) is 0 Å². The zero-order valence-electron chi connectivity index (χ0n) is 12.5. The van der Waals surface area contributed by atoms with Gasteiger partial charge in [0.05, 0.1) is 40.9 Å². The van der Waals surface area contributed by atoms with E-state index in [2.05, 4.69) is 26.3 Å². The molecule has 1 aromatic carbocycles. The highest BCUT2D eigenvalue weighted by Crippen LogP contribution is 2.33. The molecule has 2 aromatic heterocycles. The Kier molecular flexibility index (Phi) is 3.12. The van der Waals surface area contributed by atoms with E-state index in [4.69, 9.17) is 11.0 Å². The molecule has 1 aliphatic carbocycles. The molecule has 0 bridgehead atoms. The quantitative estimate of drug-likeness (QED) is 0.686. The number of nitrogens with one attached hydrogen (secondary N) is 2. The summed E-state index contributed by atoms with van der Waals surface area (Å²) in [5, 5.41) is 13.2. The van der Waals surface area contributed by atoms with Gasteiger partial charge in [-0.2, -0.15) is 5.26 Å². The van der Waals surface area contributed by atoms with E-state index in [1.165, 1.54) is 12.8 Å². The fraction of sp³-hybridized carbons (Fsp3) is 0.235. The van der Waals surface area contributed by atoms with E-state index in [0.717, 1.165) is 33.5 Å². The van der Waals surface area contributed by atoms with Gasteiger partial charge in [0, 0.05) is 17.3 Å². The Morgan fingerprint density at radius 1 is 1.48 bits per heavy atom. The number of pyridine rings is 1. The van der Waals surface area contributed by atoms with Crippen molar-refractivity contribution < 1.29 is 0 Å². The predicted molar refractivity (Wildman–Crippen MR) is 87.9 cm³/mol. The van der Waals surface area contributed by atoms with Gasteiger partial charge >= 0.3 is 0 Å². The van der Waals surface area contributed by atoms with Crippen molar-refractivity contribution in [3.05, 3.63) is 47.7 Å². The molecule has 2 heterocycles. The summed E-state index contributed by atoms with van der Waals surface area (Å²) in [6.07, 6.45) is 6.02. The monoisotopic (exact) mass is 304 g/mol. The maximum atomic E-state index is 9.07. The van der Waals surface area contributed by atoms with Crippen LogP contribution in [0.3, 0.4) is 0 Å². The molecule has 0 saturated heterocycles. The minimum absolute atomic E-state index is 0.552. The van der Waals surface area contributed by atoms with Crippen LogP contribution in [0.1, 0.15) is 24.2 Å². The molecule has 0 aliphatic heterocycles. The number of rotatable bonds is 4. The lowest BCUT2D eigenvalue weighted by molar-refractivity contribution is 0.795. The van der Waals surface area contributed by atoms with Crippen molar-refractivity contribution in [2.75, 3.05) is 0 Å². The number of aromatic nitrogens is 3. The highest BCUT2D eigenvalue weighted by Gasteiger charge is 2.23. The van der Waals surface area contributed by atoms with Crippen LogP contribution in [0.15, 0.2) is 36.3 Å². The van der Waals surface area contributed by atoms with Gasteiger partial charge in [-0.25, -0.2) is 4.98 Å². The summed E-state index contributed by atoms with van der Waals surface area (Å²) in [7, 11) is 0. The van der Waals surface area contributed by atoms with E-state index in [1.807, 2.05) is 18.3 Å². The van der Waals surface area contributed by atoms with Crippen molar-refractivity contribution in [2.45, 2.75) is 19.4 Å². The molecule has 6 nitrogen and oxygen atoms in total. The Balaban J connectivity index is 1.65. The number of H-pyrrole nitrogens is 1. The van der Waals surface area contributed by atoms with E-state index in [-0.39, 0.29) is 0 Å². The van der Waals surface area contributed by atoms with Crippen molar-refractivity contribution in [2.24, 2.45) is 11.7 Å². The molecule has 23 heavy (non-hydrogen) atoms. The molecule has 4 rings (SSSR count). The number of hydrogen-bond donors (Lipinski definition) is 3. The van der Waals surface area contributed by atoms with Crippen LogP contribution in [0.5, 0.6) is 0 Å². The van der Waals surface area contributed by atoms with Gasteiger partial charge in [0.25, 0.3) is 0 Å². The molecule has 0 unspecified atom stereocenters. The Bertz CT molecular complexity index is 958. The van der Waals surface area contributed by atoms with Crippen LogP contribution in [0.4, 0.5) is 0 Å². The van der Waals surface area contributed by atoms with Gasteiger partial charge in [0.1, 0.15) is 5.82 Å². The number of fused-ring (bicyclic) bond motifs is 3. The molecule has 114 valence electrons. The summed E-state index contributed by atoms with van der Waals surface area (Å²) >= 11 is 0. The van der Waals surface area contributed by atoms with Gasteiger partial charge < -0.3 is 16.0 Å². The molecular weight excluding hydrogens is 288 g/mol. The number of imidazole rings is 1. The first kappa shape index (κ1) is 13.6. The normalized spacial score (nSPS) is 15.0. The second-order valence-electron chi connectivity index (χ2n) is 5.85. The summed E-state index contributed by atoms with van der Waals surface area (Å²) in [4.78, 5) is 12.3. The summed E-state index contributed by atoms with van der Waals surface area (Å²) in [5.41, 5.74) is 10.0. The van der Waals surface area contributed by atoms with E-state index < -0.39 is 0 Å². The fourth-order valence-corrected chi connectivity index (χ4v) is 2.66. The van der Waals surface area contributed by atoms with E-state index >= 15 is 0 Å². The van der Waals surface area contributed by atoms with E-state index in [0.29, 0.717) is 18.0 Å². The molecule has 0 atom stereocenters. The minimum Gasteiger partial charge on any atom is -0.401 e. The third kappa shape index (κ3) is 2.57. The number of benzene rings is 1. The minimum atomic E-state index is 0.552. The summed E-state index contributed by atoms with van der Waals surface area (Å²) in [6.45, 7) is 0.571. The predicted octanol–water partition coefficient (Wildman–Crippen LogP) is 2.28. The van der Waals surface area contributed by atoms with Crippen LogP contribution in [0.25, 0.3) is 21.9 Å². The highest BCUT2D eigenvalue weighted by atomic mass is 15.0. The molecule has 0 amide bonds. The largest absolute Gasteiger partial charge is 0.401 e. The number of allylic oxidation sites excluding steroid dienone is 1. The first-order valence-electron chi connectivity index (χ1n) is 7.61. The second kappa shape index (κ2) is 5.29. The standard InChI is InChI=1S/C17H16N6/c18-6-10-1-4-14-12(5-10)17-15(8-21-14)22-16(23-17)9-20-7-13(19)11-2-3-11/h1,4-5,7-8,11,20H,2-3,9,19H2,(H,22,23)/b13-7-. The number of nitriles is 1.